The Morgan fingerprint density at radius 2 is 1.91 bits per heavy atom. The summed E-state index contributed by atoms with van der Waals surface area (Å²) in [5.41, 5.74) is -0.283. The zero-order valence-electron chi connectivity index (χ0n) is 12.4. The van der Waals surface area contributed by atoms with E-state index in [1.165, 1.54) is 11.9 Å². The van der Waals surface area contributed by atoms with Crippen molar-refractivity contribution in [2.75, 3.05) is 33.9 Å². The minimum absolute atomic E-state index is 0.0281. The van der Waals surface area contributed by atoms with Gasteiger partial charge in [0, 0.05) is 27.3 Å². The van der Waals surface area contributed by atoms with Gasteiger partial charge in [0.25, 0.3) is 5.91 Å². The third kappa shape index (κ3) is 5.44. The van der Waals surface area contributed by atoms with Crippen LogP contribution in [0.3, 0.4) is 0 Å². The van der Waals surface area contributed by atoms with E-state index < -0.39 is 11.9 Å². The van der Waals surface area contributed by atoms with Crippen LogP contribution in [0.15, 0.2) is 12.4 Å². The van der Waals surface area contributed by atoms with Crippen molar-refractivity contribution in [1.29, 1.82) is 0 Å². The van der Waals surface area contributed by atoms with Crippen molar-refractivity contribution in [3.63, 3.8) is 0 Å². The van der Waals surface area contributed by atoms with Gasteiger partial charge in [-0.05, 0) is 6.42 Å². The molecule has 0 atom stereocenters. The van der Waals surface area contributed by atoms with Gasteiger partial charge in [-0.3, -0.25) is 9.59 Å². The lowest BCUT2D eigenvalue weighted by Crippen LogP contribution is -2.39. The molecule has 0 saturated heterocycles. The average molecular weight is 310 g/mol. The lowest BCUT2D eigenvalue weighted by atomic mass is 10.3. The van der Waals surface area contributed by atoms with E-state index in [0.717, 1.165) is 12.4 Å². The van der Waals surface area contributed by atoms with Crippen LogP contribution in [0.25, 0.3) is 0 Å². The first kappa shape index (κ1) is 17.5. The second kappa shape index (κ2) is 8.67. The number of likely N-dealkylation sites (N-methyl/N-ethyl adjacent to an activating group) is 1. The molecule has 0 aliphatic heterocycles. The van der Waals surface area contributed by atoms with E-state index in [9.17, 15) is 14.4 Å². The van der Waals surface area contributed by atoms with Gasteiger partial charge in [-0.15, -0.1) is 0 Å². The Hall–Kier alpha value is -2.55. The summed E-state index contributed by atoms with van der Waals surface area (Å²) in [6.45, 7) is 0.872. The molecule has 1 heterocycles. The number of hydrogen-bond donors (Lipinski definition) is 2. The van der Waals surface area contributed by atoms with Gasteiger partial charge in [0.1, 0.15) is 5.69 Å². The largest absolute Gasteiger partial charge is 0.476 e. The van der Waals surface area contributed by atoms with Gasteiger partial charge in [0.2, 0.25) is 5.91 Å². The SMILES string of the molecule is COCCCNC(=O)CN(C)C(=O)c1cnc(C(=O)O)cn1. The summed E-state index contributed by atoms with van der Waals surface area (Å²) >= 11 is 0. The van der Waals surface area contributed by atoms with Crippen molar-refractivity contribution in [3.05, 3.63) is 23.8 Å². The number of aromatic nitrogens is 2. The lowest BCUT2D eigenvalue weighted by Gasteiger charge is -2.16. The third-order valence-electron chi connectivity index (χ3n) is 2.66. The number of rotatable bonds is 8. The molecule has 0 radical (unpaired) electrons. The lowest BCUT2D eigenvalue weighted by molar-refractivity contribution is -0.121. The number of carbonyl (C=O) groups excluding carboxylic acids is 2. The maximum absolute atomic E-state index is 12.0. The quantitative estimate of drug-likeness (QED) is 0.615. The third-order valence-corrected chi connectivity index (χ3v) is 2.66. The number of methoxy groups -OCH3 is 1. The van der Waals surface area contributed by atoms with Gasteiger partial charge >= 0.3 is 5.97 Å². The molecular weight excluding hydrogens is 292 g/mol. The number of hydrogen-bond acceptors (Lipinski definition) is 6. The number of carboxylic acids is 1. The van der Waals surface area contributed by atoms with Gasteiger partial charge in [-0.1, -0.05) is 0 Å². The predicted molar refractivity (Wildman–Crippen MR) is 75.5 cm³/mol. The van der Waals surface area contributed by atoms with Gasteiger partial charge < -0.3 is 20.1 Å². The van der Waals surface area contributed by atoms with Crippen molar-refractivity contribution >= 4 is 17.8 Å². The van der Waals surface area contributed by atoms with E-state index in [1.54, 1.807) is 7.11 Å². The first-order chi connectivity index (χ1) is 10.5. The summed E-state index contributed by atoms with van der Waals surface area (Å²) in [6.07, 6.45) is 2.75. The van der Waals surface area contributed by atoms with Gasteiger partial charge in [-0.2, -0.15) is 0 Å². The van der Waals surface area contributed by atoms with Gasteiger partial charge in [0.05, 0.1) is 18.9 Å². The average Bonchev–Trinajstić information content (AvgIpc) is 2.50. The topological polar surface area (TPSA) is 122 Å². The van der Waals surface area contributed by atoms with Crippen LogP contribution in [-0.2, 0) is 9.53 Å². The molecule has 1 rings (SSSR count). The monoisotopic (exact) mass is 310 g/mol. The summed E-state index contributed by atoms with van der Waals surface area (Å²) in [5, 5.41) is 11.4. The zero-order valence-corrected chi connectivity index (χ0v) is 12.4. The number of nitrogens with one attached hydrogen (secondary N) is 1. The molecule has 1 aromatic heterocycles. The van der Waals surface area contributed by atoms with E-state index >= 15 is 0 Å². The highest BCUT2D eigenvalue weighted by atomic mass is 16.5. The standard InChI is InChI=1S/C13H18N4O5/c1-17(8-11(18)14-4-3-5-22-2)12(19)9-6-16-10(7-15-9)13(20)21/h6-7H,3-5,8H2,1-2H3,(H,14,18)(H,20,21). The fourth-order valence-corrected chi connectivity index (χ4v) is 1.53. The van der Waals surface area contributed by atoms with Crippen LogP contribution in [0.2, 0.25) is 0 Å². The highest BCUT2D eigenvalue weighted by Gasteiger charge is 2.17. The molecule has 2 amide bonds. The fourth-order valence-electron chi connectivity index (χ4n) is 1.53. The Balaban J connectivity index is 2.50. The Bertz CT molecular complexity index is 532. The number of amides is 2. The first-order valence-electron chi connectivity index (χ1n) is 6.52. The molecular formula is C13H18N4O5. The maximum Gasteiger partial charge on any atom is 0.356 e. The number of carbonyl (C=O) groups is 3. The van der Waals surface area contributed by atoms with Crippen LogP contribution in [0.4, 0.5) is 0 Å². The van der Waals surface area contributed by atoms with Crippen molar-refractivity contribution in [1.82, 2.24) is 20.2 Å². The summed E-state index contributed by atoms with van der Waals surface area (Å²) < 4.78 is 4.85. The second-order valence-electron chi connectivity index (χ2n) is 4.45. The molecule has 9 heteroatoms. The molecule has 22 heavy (non-hydrogen) atoms. The molecule has 0 unspecified atom stereocenters. The van der Waals surface area contributed by atoms with Crippen LogP contribution in [0, 0.1) is 0 Å². The van der Waals surface area contributed by atoms with Crippen molar-refractivity contribution < 1.29 is 24.2 Å². The second-order valence-corrected chi connectivity index (χ2v) is 4.45. The minimum atomic E-state index is -1.23. The van der Waals surface area contributed by atoms with Crippen molar-refractivity contribution in [2.45, 2.75) is 6.42 Å². The molecule has 120 valence electrons. The first-order valence-corrected chi connectivity index (χ1v) is 6.52. The molecule has 0 aromatic carbocycles. The smallest absolute Gasteiger partial charge is 0.356 e. The summed E-state index contributed by atoms with van der Waals surface area (Å²) in [7, 11) is 3.02. The molecule has 9 nitrogen and oxygen atoms in total. The highest BCUT2D eigenvalue weighted by Crippen LogP contribution is 2.00. The minimum Gasteiger partial charge on any atom is -0.476 e. The molecule has 0 saturated carbocycles. The Morgan fingerprint density at radius 1 is 1.27 bits per heavy atom. The predicted octanol–water partition coefficient (Wildman–Crippen LogP) is -0.600. The van der Waals surface area contributed by atoms with Gasteiger partial charge in [0.15, 0.2) is 5.69 Å². The van der Waals surface area contributed by atoms with Crippen LogP contribution >= 0.6 is 0 Å². The fraction of sp³-hybridized carbons (Fsp3) is 0.462. The van der Waals surface area contributed by atoms with Crippen molar-refractivity contribution in [3.8, 4) is 0 Å². The van der Waals surface area contributed by atoms with Crippen molar-refractivity contribution in [2.24, 2.45) is 0 Å². The van der Waals surface area contributed by atoms with E-state index in [1.807, 2.05) is 0 Å². The van der Waals surface area contributed by atoms with Crippen LogP contribution in [-0.4, -0.2) is 71.6 Å². The van der Waals surface area contributed by atoms with Gasteiger partial charge in [-0.25, -0.2) is 14.8 Å². The summed E-state index contributed by atoms with van der Waals surface area (Å²) in [4.78, 5) is 42.8. The van der Waals surface area contributed by atoms with E-state index in [4.69, 9.17) is 9.84 Å². The maximum atomic E-state index is 12.0. The van der Waals surface area contributed by atoms with Crippen LogP contribution < -0.4 is 5.32 Å². The molecule has 1 aromatic rings. The molecule has 0 aliphatic carbocycles. The van der Waals surface area contributed by atoms with E-state index in [-0.39, 0.29) is 23.8 Å². The Kier molecular flexibility index (Phi) is 6.90. The van der Waals surface area contributed by atoms with Crippen LogP contribution in [0.1, 0.15) is 27.4 Å². The Labute approximate surface area is 127 Å². The number of aromatic carboxylic acids is 1. The number of nitrogens with zero attached hydrogens (tertiary/aromatic N) is 3. The molecule has 2 N–H and O–H groups in total. The number of ether oxygens (including phenoxy) is 1. The molecule has 0 fully saturated rings. The zero-order chi connectivity index (χ0) is 16.5. The Morgan fingerprint density at radius 3 is 2.45 bits per heavy atom. The molecule has 0 aliphatic rings. The normalized spacial score (nSPS) is 10.1. The summed E-state index contributed by atoms with van der Waals surface area (Å²) in [5.74, 6) is -2.05. The summed E-state index contributed by atoms with van der Waals surface area (Å²) in [6, 6.07) is 0. The highest BCUT2D eigenvalue weighted by molar-refractivity contribution is 5.95. The van der Waals surface area contributed by atoms with E-state index in [2.05, 4.69) is 15.3 Å². The molecule has 0 bridgehead atoms. The van der Waals surface area contributed by atoms with Crippen LogP contribution in [0.5, 0.6) is 0 Å². The molecule has 0 spiro atoms. The van der Waals surface area contributed by atoms with E-state index in [0.29, 0.717) is 19.6 Å². The number of carboxylic acid groups (broad SMARTS) is 1.